The molecule has 0 aromatic heterocycles. The summed E-state index contributed by atoms with van der Waals surface area (Å²) in [4.78, 5) is 11.0. The van der Waals surface area contributed by atoms with E-state index in [1.165, 1.54) is 0 Å². The lowest BCUT2D eigenvalue weighted by molar-refractivity contribution is -0.141. The van der Waals surface area contributed by atoms with E-state index >= 15 is 0 Å². The Labute approximate surface area is 118 Å². The number of nitrogens with two attached hydrogens (primary N) is 1. The van der Waals surface area contributed by atoms with Crippen molar-refractivity contribution in [2.24, 2.45) is 11.1 Å². The number of carboxylic acid groups (broad SMARTS) is 1. The van der Waals surface area contributed by atoms with Crippen LogP contribution in [0.15, 0.2) is 0 Å². The number of carboxylic acids is 1. The number of hydrogen-bond donors (Lipinski definition) is 2. The van der Waals surface area contributed by atoms with E-state index < -0.39 is 25.7 Å². The second-order valence-corrected chi connectivity index (χ2v) is 12.5. The van der Waals surface area contributed by atoms with Gasteiger partial charge in [0.2, 0.25) is 0 Å². The molecule has 3 N–H and O–H groups in total. The van der Waals surface area contributed by atoms with E-state index in [-0.39, 0.29) is 11.1 Å². The van der Waals surface area contributed by atoms with Gasteiger partial charge in [-0.25, -0.2) is 0 Å². The van der Waals surface area contributed by atoms with E-state index in [1.54, 1.807) is 0 Å². The lowest BCUT2D eigenvalue weighted by Gasteiger charge is -2.40. The summed E-state index contributed by atoms with van der Waals surface area (Å²) in [6, 6.07) is -0.863. The van der Waals surface area contributed by atoms with E-state index in [0.717, 1.165) is 0 Å². The van der Waals surface area contributed by atoms with Crippen LogP contribution in [0.1, 0.15) is 48.0 Å². The van der Waals surface area contributed by atoms with Gasteiger partial charge in [-0.15, -0.1) is 0 Å². The number of aliphatic carboxylic acids is 1. The Morgan fingerprint density at radius 2 is 1.68 bits per heavy atom. The van der Waals surface area contributed by atoms with Crippen molar-refractivity contribution in [2.45, 2.75) is 78.2 Å². The van der Waals surface area contributed by atoms with Crippen LogP contribution in [-0.2, 0) is 9.22 Å². The normalized spacial score (nSPS) is 17.1. The van der Waals surface area contributed by atoms with Crippen molar-refractivity contribution in [2.75, 3.05) is 0 Å². The molecule has 0 saturated heterocycles. The Hall–Kier alpha value is -0.393. The molecular weight excluding hydrogens is 258 g/mol. The molecule has 19 heavy (non-hydrogen) atoms. The molecule has 2 atom stereocenters. The van der Waals surface area contributed by atoms with E-state index in [1.807, 2.05) is 20.8 Å². The van der Waals surface area contributed by atoms with Crippen molar-refractivity contribution < 1.29 is 14.3 Å². The highest BCUT2D eigenvalue weighted by Gasteiger charge is 2.40. The van der Waals surface area contributed by atoms with Gasteiger partial charge in [0.25, 0.3) is 0 Å². The Morgan fingerprint density at radius 1 is 1.26 bits per heavy atom. The Kier molecular flexibility index (Phi) is 5.81. The summed E-state index contributed by atoms with van der Waals surface area (Å²) in [6.45, 7) is 16.8. The summed E-state index contributed by atoms with van der Waals surface area (Å²) in [5, 5.41) is 9.19. The van der Waals surface area contributed by atoms with Crippen molar-refractivity contribution in [3.8, 4) is 0 Å². The third kappa shape index (κ3) is 5.24. The van der Waals surface area contributed by atoms with Crippen LogP contribution < -0.4 is 5.73 Å². The monoisotopic (exact) mass is 289 g/mol. The number of rotatable bonds is 6. The van der Waals surface area contributed by atoms with Gasteiger partial charge >= 0.3 is 5.97 Å². The lowest BCUT2D eigenvalue weighted by Crippen LogP contribution is -2.48. The molecule has 0 amide bonds. The molecule has 4 nitrogen and oxygen atoms in total. The Morgan fingerprint density at radius 3 is 2.00 bits per heavy atom. The summed E-state index contributed by atoms with van der Waals surface area (Å²) in [5.74, 6) is -0.954. The van der Waals surface area contributed by atoms with Crippen LogP contribution in [-0.4, -0.2) is 31.5 Å². The zero-order valence-corrected chi connectivity index (χ0v) is 14.7. The quantitative estimate of drug-likeness (QED) is 0.736. The summed E-state index contributed by atoms with van der Waals surface area (Å²) >= 11 is 0. The zero-order valence-electron chi connectivity index (χ0n) is 13.7. The van der Waals surface area contributed by atoms with Gasteiger partial charge in [-0.3, -0.25) is 4.79 Å². The molecule has 114 valence electrons. The van der Waals surface area contributed by atoms with Crippen LogP contribution in [0.4, 0.5) is 0 Å². The van der Waals surface area contributed by atoms with Crippen LogP contribution in [0.25, 0.3) is 0 Å². The van der Waals surface area contributed by atoms with Gasteiger partial charge in [-0.2, -0.15) is 0 Å². The first-order valence-electron chi connectivity index (χ1n) is 6.87. The molecule has 0 rings (SSSR count). The number of carbonyl (C=O) groups is 1. The van der Waals surface area contributed by atoms with Gasteiger partial charge in [-0.05, 0) is 36.9 Å². The van der Waals surface area contributed by atoms with E-state index in [2.05, 4.69) is 33.9 Å². The summed E-state index contributed by atoms with van der Waals surface area (Å²) < 4.78 is 6.26. The van der Waals surface area contributed by atoms with Crippen molar-refractivity contribution in [1.82, 2.24) is 0 Å². The summed E-state index contributed by atoms with van der Waals surface area (Å²) in [6.07, 6.45) is 0.661. The molecule has 0 aromatic carbocycles. The third-order valence-corrected chi connectivity index (χ3v) is 8.83. The van der Waals surface area contributed by atoms with Crippen LogP contribution in [0.3, 0.4) is 0 Å². The third-order valence-electron chi connectivity index (χ3n) is 4.22. The van der Waals surface area contributed by atoms with Crippen LogP contribution in [0, 0.1) is 5.41 Å². The van der Waals surface area contributed by atoms with Crippen molar-refractivity contribution in [3.63, 3.8) is 0 Å². The second kappa shape index (κ2) is 5.93. The molecule has 0 fully saturated rings. The summed E-state index contributed by atoms with van der Waals surface area (Å²) in [5.41, 5.74) is 5.27. The van der Waals surface area contributed by atoms with E-state index in [4.69, 9.17) is 15.3 Å². The van der Waals surface area contributed by atoms with Gasteiger partial charge in [0.05, 0.1) is 0 Å². The molecule has 0 aliphatic rings. The SMILES string of the molecule is CC(CC(C)(C)C(N)C(=O)O)O[Si](C)(C)C(C)(C)C. The van der Waals surface area contributed by atoms with Gasteiger partial charge in [0.1, 0.15) is 6.04 Å². The molecule has 2 unspecified atom stereocenters. The minimum Gasteiger partial charge on any atom is -0.480 e. The average Bonchev–Trinajstić information content (AvgIpc) is 2.12. The molecule has 0 bridgehead atoms. The Balaban J connectivity index is 4.72. The first-order chi connectivity index (χ1) is 8.21. The predicted molar refractivity (Wildman–Crippen MR) is 81.8 cm³/mol. The fourth-order valence-corrected chi connectivity index (χ4v) is 3.37. The molecular formula is C14H31NO3Si. The second-order valence-electron chi connectivity index (χ2n) is 7.70. The topological polar surface area (TPSA) is 72.6 Å². The fourth-order valence-electron chi connectivity index (χ4n) is 1.92. The minimum atomic E-state index is -1.82. The van der Waals surface area contributed by atoms with Crippen LogP contribution in [0.2, 0.25) is 18.1 Å². The minimum absolute atomic E-state index is 0.0151. The molecule has 0 aliphatic heterocycles. The van der Waals surface area contributed by atoms with Crippen molar-refractivity contribution in [1.29, 1.82) is 0 Å². The van der Waals surface area contributed by atoms with Crippen LogP contribution >= 0.6 is 0 Å². The van der Waals surface area contributed by atoms with Gasteiger partial charge in [-0.1, -0.05) is 34.6 Å². The maximum atomic E-state index is 11.0. The molecule has 0 saturated carbocycles. The van der Waals surface area contributed by atoms with Crippen molar-refractivity contribution >= 4 is 14.3 Å². The molecule has 5 heteroatoms. The predicted octanol–water partition coefficient (Wildman–Crippen LogP) is 3.22. The highest BCUT2D eigenvalue weighted by Crippen LogP contribution is 2.38. The molecule has 0 aromatic rings. The molecule has 0 spiro atoms. The highest BCUT2D eigenvalue weighted by atomic mass is 28.4. The maximum absolute atomic E-state index is 11.0. The van der Waals surface area contributed by atoms with E-state index in [0.29, 0.717) is 6.42 Å². The zero-order chi connectivity index (χ0) is 15.6. The van der Waals surface area contributed by atoms with Crippen LogP contribution in [0.5, 0.6) is 0 Å². The van der Waals surface area contributed by atoms with Gasteiger partial charge in [0, 0.05) is 6.10 Å². The van der Waals surface area contributed by atoms with Gasteiger partial charge < -0.3 is 15.3 Å². The molecule has 0 heterocycles. The number of hydrogen-bond acceptors (Lipinski definition) is 3. The molecule has 0 radical (unpaired) electrons. The first kappa shape index (κ1) is 18.6. The van der Waals surface area contributed by atoms with Crippen molar-refractivity contribution in [3.05, 3.63) is 0 Å². The van der Waals surface area contributed by atoms with Gasteiger partial charge in [0.15, 0.2) is 8.32 Å². The smallest absolute Gasteiger partial charge is 0.321 e. The van der Waals surface area contributed by atoms with E-state index in [9.17, 15) is 4.79 Å². The lowest BCUT2D eigenvalue weighted by atomic mass is 9.80. The highest BCUT2D eigenvalue weighted by molar-refractivity contribution is 6.74. The summed E-state index contributed by atoms with van der Waals surface area (Å²) in [7, 11) is -1.82. The first-order valence-corrected chi connectivity index (χ1v) is 9.78. The largest absolute Gasteiger partial charge is 0.480 e. The average molecular weight is 289 g/mol. The standard InChI is InChI=1S/C14H31NO3Si/c1-10(18-19(7,8)13(2,3)4)9-14(5,6)11(15)12(16)17/h10-11H,9,15H2,1-8H3,(H,16,17). The Bertz CT molecular complexity index is 321. The maximum Gasteiger partial charge on any atom is 0.321 e. The fraction of sp³-hybridized carbons (Fsp3) is 0.929. The molecule has 0 aliphatic carbocycles.